The van der Waals surface area contributed by atoms with Crippen molar-refractivity contribution in [2.45, 2.75) is 32.9 Å². The predicted octanol–water partition coefficient (Wildman–Crippen LogP) is 1.82. The smallest absolute Gasteiger partial charge is 0.240 e. The van der Waals surface area contributed by atoms with Crippen LogP contribution in [0.15, 0.2) is 42.5 Å². The molecule has 162 valence electrons. The summed E-state index contributed by atoms with van der Waals surface area (Å²) in [6.07, 6.45) is 0.0175. The summed E-state index contributed by atoms with van der Waals surface area (Å²) < 4.78 is 0. The van der Waals surface area contributed by atoms with Crippen LogP contribution < -0.4 is 16.4 Å². The number of para-hydroxylation sites is 1. The van der Waals surface area contributed by atoms with Crippen LogP contribution in [0.3, 0.4) is 0 Å². The number of phenolic OH excluding ortho intramolecular Hbond substituents is 2. The van der Waals surface area contributed by atoms with Crippen LogP contribution in [0.5, 0.6) is 11.5 Å². The Kier molecular flexibility index (Phi) is 6.54. The number of anilines is 1. The summed E-state index contributed by atoms with van der Waals surface area (Å²) in [6, 6.07) is 11.0. The number of nitrogens with two attached hydrogens (primary N) is 1. The quantitative estimate of drug-likeness (QED) is 0.347. The van der Waals surface area contributed by atoms with Gasteiger partial charge in [0, 0.05) is 5.39 Å². The second-order valence-electron chi connectivity index (χ2n) is 7.55. The Balaban J connectivity index is 1.78. The van der Waals surface area contributed by atoms with Crippen LogP contribution in [0.25, 0.3) is 10.9 Å². The molecule has 2 amide bonds. The Bertz CT molecular complexity index is 1120. The molecule has 9 heteroatoms. The standard InChI is InChI=1S/C22H25N5O4/c1-12(2)20(21(23)31)27-22-14-5-3-4-6-15(14)25-18(26-22)11-24-19(30)10-13-7-8-16(28)17(29)9-13/h3-9,12,20,28-29H,10-11H2,1-2H3,(H2,23,31)(H,24,30)(H,25,26,27)/t20-/m0/s1. The molecule has 3 aromatic rings. The molecule has 0 saturated heterocycles. The molecule has 1 atom stereocenters. The van der Waals surface area contributed by atoms with Crippen molar-refractivity contribution in [1.29, 1.82) is 0 Å². The van der Waals surface area contributed by atoms with Crippen molar-refractivity contribution in [2.24, 2.45) is 11.7 Å². The highest BCUT2D eigenvalue weighted by atomic mass is 16.3. The first-order valence-electron chi connectivity index (χ1n) is 9.83. The number of carbonyl (C=O) groups is 2. The fourth-order valence-corrected chi connectivity index (χ4v) is 3.13. The van der Waals surface area contributed by atoms with Crippen molar-refractivity contribution < 1.29 is 19.8 Å². The average molecular weight is 423 g/mol. The molecule has 3 rings (SSSR count). The molecule has 31 heavy (non-hydrogen) atoms. The van der Waals surface area contributed by atoms with Gasteiger partial charge in [-0.05, 0) is 35.7 Å². The van der Waals surface area contributed by atoms with E-state index in [2.05, 4.69) is 20.6 Å². The summed E-state index contributed by atoms with van der Waals surface area (Å²) in [5.41, 5.74) is 6.74. The topological polar surface area (TPSA) is 150 Å². The number of carbonyl (C=O) groups excluding carboxylic acids is 2. The number of nitrogens with zero attached hydrogens (tertiary/aromatic N) is 2. The molecule has 1 heterocycles. The molecule has 9 nitrogen and oxygen atoms in total. The molecular formula is C22H25N5O4. The van der Waals surface area contributed by atoms with E-state index in [0.29, 0.717) is 22.7 Å². The third-order valence-electron chi connectivity index (χ3n) is 4.76. The zero-order chi connectivity index (χ0) is 22.5. The van der Waals surface area contributed by atoms with E-state index in [1.807, 2.05) is 38.1 Å². The lowest BCUT2D eigenvalue weighted by Crippen LogP contribution is -2.40. The molecule has 0 fully saturated rings. The number of hydrogen-bond acceptors (Lipinski definition) is 7. The lowest BCUT2D eigenvalue weighted by molar-refractivity contribution is -0.121. The van der Waals surface area contributed by atoms with Crippen molar-refractivity contribution in [2.75, 3.05) is 5.32 Å². The van der Waals surface area contributed by atoms with Gasteiger partial charge >= 0.3 is 0 Å². The van der Waals surface area contributed by atoms with E-state index in [-0.39, 0.29) is 36.3 Å². The first-order chi connectivity index (χ1) is 14.7. The van der Waals surface area contributed by atoms with Crippen molar-refractivity contribution in [3.8, 4) is 11.5 Å². The van der Waals surface area contributed by atoms with Crippen LogP contribution in [-0.4, -0.2) is 38.0 Å². The summed E-state index contributed by atoms with van der Waals surface area (Å²) in [5, 5.41) is 25.5. The summed E-state index contributed by atoms with van der Waals surface area (Å²) >= 11 is 0. The number of aromatic nitrogens is 2. The van der Waals surface area contributed by atoms with Crippen molar-refractivity contribution in [1.82, 2.24) is 15.3 Å². The van der Waals surface area contributed by atoms with E-state index in [9.17, 15) is 19.8 Å². The van der Waals surface area contributed by atoms with Crippen molar-refractivity contribution in [3.63, 3.8) is 0 Å². The Morgan fingerprint density at radius 3 is 2.48 bits per heavy atom. The molecule has 0 radical (unpaired) electrons. The molecule has 0 aliphatic rings. The van der Waals surface area contributed by atoms with Gasteiger partial charge in [0.25, 0.3) is 0 Å². The molecule has 2 aromatic carbocycles. The molecular weight excluding hydrogens is 398 g/mol. The largest absolute Gasteiger partial charge is 0.504 e. The number of primary amides is 1. The SMILES string of the molecule is CC(C)[C@H](Nc1nc(CNC(=O)Cc2ccc(O)c(O)c2)nc2ccccc12)C(N)=O. The van der Waals surface area contributed by atoms with Gasteiger partial charge in [0.1, 0.15) is 11.9 Å². The minimum Gasteiger partial charge on any atom is -0.504 e. The van der Waals surface area contributed by atoms with Gasteiger partial charge in [0.05, 0.1) is 18.5 Å². The maximum atomic E-state index is 12.3. The zero-order valence-electron chi connectivity index (χ0n) is 17.3. The molecule has 0 saturated carbocycles. The van der Waals surface area contributed by atoms with Gasteiger partial charge in [-0.15, -0.1) is 0 Å². The fourth-order valence-electron chi connectivity index (χ4n) is 3.13. The summed E-state index contributed by atoms with van der Waals surface area (Å²) in [7, 11) is 0. The Labute approximate surface area is 179 Å². The van der Waals surface area contributed by atoms with E-state index in [0.717, 1.165) is 5.39 Å². The second-order valence-corrected chi connectivity index (χ2v) is 7.55. The number of aromatic hydroxyl groups is 2. The van der Waals surface area contributed by atoms with E-state index in [4.69, 9.17) is 5.73 Å². The molecule has 0 bridgehead atoms. The highest BCUT2D eigenvalue weighted by Gasteiger charge is 2.21. The Hall–Kier alpha value is -3.88. The highest BCUT2D eigenvalue weighted by molar-refractivity contribution is 5.92. The lowest BCUT2D eigenvalue weighted by Gasteiger charge is -2.21. The maximum absolute atomic E-state index is 12.3. The lowest BCUT2D eigenvalue weighted by atomic mass is 10.0. The summed E-state index contributed by atoms with van der Waals surface area (Å²) in [4.78, 5) is 33.1. The number of benzene rings is 2. The van der Waals surface area contributed by atoms with Crippen LogP contribution in [0, 0.1) is 5.92 Å². The summed E-state index contributed by atoms with van der Waals surface area (Å²) in [6.45, 7) is 3.84. The molecule has 0 spiro atoms. The monoisotopic (exact) mass is 423 g/mol. The molecule has 0 unspecified atom stereocenters. The summed E-state index contributed by atoms with van der Waals surface area (Å²) in [5.74, 6) is -0.516. The van der Waals surface area contributed by atoms with Crippen molar-refractivity contribution in [3.05, 3.63) is 53.9 Å². The zero-order valence-corrected chi connectivity index (χ0v) is 17.3. The first-order valence-corrected chi connectivity index (χ1v) is 9.83. The number of hydrogen-bond donors (Lipinski definition) is 5. The number of amides is 2. The van der Waals surface area contributed by atoms with Gasteiger partial charge in [-0.2, -0.15) is 0 Å². The number of rotatable bonds is 8. The molecule has 6 N–H and O–H groups in total. The van der Waals surface area contributed by atoms with Gasteiger partial charge in [0.15, 0.2) is 17.3 Å². The average Bonchev–Trinajstić information content (AvgIpc) is 2.72. The number of nitrogens with one attached hydrogen (secondary N) is 2. The van der Waals surface area contributed by atoms with E-state index in [1.54, 1.807) is 6.07 Å². The van der Waals surface area contributed by atoms with Crippen LogP contribution in [-0.2, 0) is 22.6 Å². The third-order valence-corrected chi connectivity index (χ3v) is 4.76. The van der Waals surface area contributed by atoms with E-state index < -0.39 is 11.9 Å². The second kappa shape index (κ2) is 9.29. The van der Waals surface area contributed by atoms with Gasteiger partial charge in [-0.25, -0.2) is 9.97 Å². The highest BCUT2D eigenvalue weighted by Crippen LogP contribution is 2.25. The Morgan fingerprint density at radius 1 is 1.06 bits per heavy atom. The normalized spacial score (nSPS) is 12.0. The van der Waals surface area contributed by atoms with E-state index >= 15 is 0 Å². The minimum atomic E-state index is -0.608. The van der Waals surface area contributed by atoms with Gasteiger partial charge in [0.2, 0.25) is 11.8 Å². The van der Waals surface area contributed by atoms with E-state index in [1.165, 1.54) is 12.1 Å². The van der Waals surface area contributed by atoms with Crippen molar-refractivity contribution >= 4 is 28.5 Å². The van der Waals surface area contributed by atoms with Crippen LogP contribution >= 0.6 is 0 Å². The van der Waals surface area contributed by atoms with Gasteiger partial charge in [-0.1, -0.05) is 32.0 Å². The molecule has 0 aliphatic carbocycles. The fraction of sp³-hybridized carbons (Fsp3) is 0.273. The third kappa shape index (κ3) is 5.39. The van der Waals surface area contributed by atoms with Gasteiger partial charge in [-0.3, -0.25) is 9.59 Å². The number of fused-ring (bicyclic) bond motifs is 1. The number of phenols is 2. The predicted molar refractivity (Wildman–Crippen MR) is 116 cm³/mol. The van der Waals surface area contributed by atoms with Gasteiger partial charge < -0.3 is 26.6 Å². The van der Waals surface area contributed by atoms with Crippen LogP contribution in [0.4, 0.5) is 5.82 Å². The van der Waals surface area contributed by atoms with Crippen LogP contribution in [0.2, 0.25) is 0 Å². The minimum absolute atomic E-state index is 0.0175. The Morgan fingerprint density at radius 2 is 1.81 bits per heavy atom. The first kappa shape index (κ1) is 21.8. The maximum Gasteiger partial charge on any atom is 0.240 e. The van der Waals surface area contributed by atoms with Crippen LogP contribution in [0.1, 0.15) is 25.2 Å². The molecule has 1 aromatic heterocycles. The molecule has 0 aliphatic heterocycles.